The Bertz CT molecular complexity index is 355. The van der Waals surface area contributed by atoms with Crippen molar-refractivity contribution in [2.45, 2.75) is 12.6 Å². The van der Waals surface area contributed by atoms with Crippen LogP contribution in [0.25, 0.3) is 0 Å². The maximum Gasteiger partial charge on any atom is 0.278 e. The van der Waals surface area contributed by atoms with Crippen LogP contribution < -0.4 is 22.7 Å². The lowest BCUT2D eigenvalue weighted by Gasteiger charge is -2.35. The molecule has 1 aromatic carbocycles. The van der Waals surface area contributed by atoms with Crippen molar-refractivity contribution in [1.29, 1.82) is 0 Å². The highest BCUT2D eigenvalue weighted by Gasteiger charge is 2.32. The third kappa shape index (κ3) is 4.46. The van der Waals surface area contributed by atoms with Crippen LogP contribution >= 0.6 is 0 Å². The first-order valence-electron chi connectivity index (χ1n) is 5.24. The molecule has 1 aromatic rings. The van der Waals surface area contributed by atoms with Gasteiger partial charge in [-0.2, -0.15) is 0 Å². The van der Waals surface area contributed by atoms with E-state index in [4.69, 9.17) is 5.73 Å². The van der Waals surface area contributed by atoms with Crippen molar-refractivity contribution in [1.82, 2.24) is 0 Å². The second-order valence-electron chi connectivity index (χ2n) is 4.52. The molecule has 1 atom stereocenters. The van der Waals surface area contributed by atoms with Crippen LogP contribution in [-0.4, -0.2) is 42.2 Å². The maximum absolute atomic E-state index is 11.2. The molecule has 0 saturated heterocycles. The van der Waals surface area contributed by atoms with Gasteiger partial charge in [0.25, 0.3) is 5.91 Å². The van der Waals surface area contributed by atoms with Gasteiger partial charge in [-0.15, -0.1) is 0 Å². The van der Waals surface area contributed by atoms with E-state index in [0.29, 0.717) is 11.0 Å². The molecule has 0 spiro atoms. The van der Waals surface area contributed by atoms with Crippen molar-refractivity contribution in [3.8, 4) is 0 Å². The van der Waals surface area contributed by atoms with Gasteiger partial charge in [-0.3, -0.25) is 4.79 Å². The number of rotatable bonds is 5. The van der Waals surface area contributed by atoms with Gasteiger partial charge in [0.1, 0.15) is 13.2 Å². The SMILES string of the molecule is C[N+](C)(Cc1ccccc1)[C@H](CO)C(N)=O.[Br-]. The monoisotopic (exact) mass is 302 g/mol. The van der Waals surface area contributed by atoms with Gasteiger partial charge in [-0.25, -0.2) is 0 Å². The number of nitrogens with two attached hydrogens (primary N) is 1. The molecular formula is C12H19BrN2O2. The van der Waals surface area contributed by atoms with Crippen LogP contribution in [0.15, 0.2) is 30.3 Å². The second-order valence-corrected chi connectivity index (χ2v) is 4.52. The fraction of sp³-hybridized carbons (Fsp3) is 0.417. The first-order valence-corrected chi connectivity index (χ1v) is 5.24. The molecule has 0 aromatic heterocycles. The number of carbonyl (C=O) groups is 1. The summed E-state index contributed by atoms with van der Waals surface area (Å²) in [6.07, 6.45) is 0. The lowest BCUT2D eigenvalue weighted by molar-refractivity contribution is -0.919. The Morgan fingerprint density at radius 3 is 2.29 bits per heavy atom. The highest BCUT2D eigenvalue weighted by molar-refractivity contribution is 5.78. The Balaban J connectivity index is 0.00000256. The zero-order valence-electron chi connectivity index (χ0n) is 10.1. The van der Waals surface area contributed by atoms with Crippen LogP contribution in [0.2, 0.25) is 0 Å². The minimum absolute atomic E-state index is 0. The molecule has 0 bridgehead atoms. The molecule has 0 heterocycles. The number of hydrogen-bond donors (Lipinski definition) is 2. The molecule has 4 nitrogen and oxygen atoms in total. The molecule has 17 heavy (non-hydrogen) atoms. The summed E-state index contributed by atoms with van der Waals surface area (Å²) in [4.78, 5) is 11.2. The molecule has 0 aliphatic heterocycles. The number of quaternary nitrogens is 1. The van der Waals surface area contributed by atoms with Crippen molar-refractivity contribution in [3.05, 3.63) is 35.9 Å². The quantitative estimate of drug-likeness (QED) is 0.574. The summed E-state index contributed by atoms with van der Waals surface area (Å²) < 4.78 is 0.357. The third-order valence-corrected chi connectivity index (χ3v) is 2.78. The summed E-state index contributed by atoms with van der Waals surface area (Å²) in [5.74, 6) is -0.469. The predicted molar refractivity (Wildman–Crippen MR) is 62.3 cm³/mol. The molecular weight excluding hydrogens is 284 g/mol. The summed E-state index contributed by atoms with van der Waals surface area (Å²) in [6, 6.07) is 9.27. The van der Waals surface area contributed by atoms with E-state index in [9.17, 15) is 9.90 Å². The number of aliphatic hydroxyl groups excluding tert-OH is 1. The van der Waals surface area contributed by atoms with Crippen molar-refractivity contribution in [2.24, 2.45) is 5.73 Å². The Morgan fingerprint density at radius 1 is 1.35 bits per heavy atom. The fourth-order valence-corrected chi connectivity index (χ4v) is 1.82. The highest BCUT2D eigenvalue weighted by Crippen LogP contribution is 2.13. The number of hydrogen-bond acceptors (Lipinski definition) is 2. The minimum Gasteiger partial charge on any atom is -1.00 e. The van der Waals surface area contributed by atoms with Crippen molar-refractivity contribution < 1.29 is 31.4 Å². The molecule has 0 aliphatic rings. The van der Waals surface area contributed by atoms with Crippen LogP contribution in [-0.2, 0) is 11.3 Å². The predicted octanol–water partition coefficient (Wildman–Crippen LogP) is -2.89. The molecule has 0 aliphatic carbocycles. The van der Waals surface area contributed by atoms with Gasteiger partial charge >= 0.3 is 0 Å². The lowest BCUT2D eigenvalue weighted by Crippen LogP contribution is -3.00. The van der Waals surface area contributed by atoms with Gasteiger partial charge in [0.2, 0.25) is 0 Å². The average Bonchev–Trinajstić information content (AvgIpc) is 2.18. The zero-order valence-corrected chi connectivity index (χ0v) is 11.7. The van der Waals surface area contributed by atoms with E-state index in [1.54, 1.807) is 0 Å². The maximum atomic E-state index is 11.2. The Hall–Kier alpha value is -0.910. The Morgan fingerprint density at radius 2 is 1.88 bits per heavy atom. The average molecular weight is 303 g/mol. The van der Waals surface area contributed by atoms with E-state index in [1.807, 2.05) is 44.4 Å². The minimum atomic E-state index is -0.569. The summed E-state index contributed by atoms with van der Waals surface area (Å²) in [6.45, 7) is 0.435. The topological polar surface area (TPSA) is 63.3 Å². The molecule has 0 saturated carbocycles. The molecule has 0 unspecified atom stereocenters. The van der Waals surface area contributed by atoms with Crippen LogP contribution in [0.1, 0.15) is 5.56 Å². The largest absolute Gasteiger partial charge is 1.00 e. The summed E-state index contributed by atoms with van der Waals surface area (Å²) in [5, 5.41) is 9.19. The molecule has 1 rings (SSSR count). The van der Waals surface area contributed by atoms with Crippen LogP contribution in [0.4, 0.5) is 0 Å². The van der Waals surface area contributed by atoms with E-state index >= 15 is 0 Å². The number of carbonyl (C=O) groups excluding carboxylic acids is 1. The number of likely N-dealkylation sites (N-methyl/N-ethyl adjacent to an activating group) is 1. The first-order chi connectivity index (χ1) is 7.47. The van der Waals surface area contributed by atoms with Gasteiger partial charge in [0, 0.05) is 5.56 Å². The van der Waals surface area contributed by atoms with Crippen molar-refractivity contribution in [2.75, 3.05) is 20.7 Å². The van der Waals surface area contributed by atoms with E-state index in [0.717, 1.165) is 5.56 Å². The molecule has 5 heteroatoms. The fourth-order valence-electron chi connectivity index (χ4n) is 1.82. The number of nitrogens with zero attached hydrogens (tertiary/aromatic N) is 1. The zero-order chi connectivity index (χ0) is 12.2. The number of halogens is 1. The van der Waals surface area contributed by atoms with E-state index < -0.39 is 11.9 Å². The van der Waals surface area contributed by atoms with Crippen LogP contribution in [0.3, 0.4) is 0 Å². The third-order valence-electron chi connectivity index (χ3n) is 2.78. The smallest absolute Gasteiger partial charge is 0.278 e. The van der Waals surface area contributed by atoms with Gasteiger partial charge < -0.3 is 32.3 Å². The van der Waals surface area contributed by atoms with E-state index in [-0.39, 0.29) is 23.6 Å². The summed E-state index contributed by atoms with van der Waals surface area (Å²) in [7, 11) is 3.78. The van der Waals surface area contributed by atoms with Crippen LogP contribution in [0, 0.1) is 0 Å². The van der Waals surface area contributed by atoms with Crippen molar-refractivity contribution in [3.63, 3.8) is 0 Å². The molecule has 96 valence electrons. The standard InChI is InChI=1S/C12H18N2O2.BrH/c1-14(2,11(9-15)12(13)16)8-10-6-4-3-5-7-10;/h3-7,11,15H,8-9H2,1-2H3,(H-,13,16);1H/t11-;/m1./s1. The van der Waals surface area contributed by atoms with Gasteiger partial charge in [0.15, 0.2) is 6.04 Å². The number of amides is 1. The summed E-state index contributed by atoms with van der Waals surface area (Å²) >= 11 is 0. The first kappa shape index (κ1) is 16.1. The van der Waals surface area contributed by atoms with Crippen LogP contribution in [0.5, 0.6) is 0 Å². The van der Waals surface area contributed by atoms with E-state index in [1.165, 1.54) is 0 Å². The van der Waals surface area contributed by atoms with Gasteiger partial charge in [0.05, 0.1) is 14.1 Å². The normalized spacial score (nSPS) is 12.6. The molecule has 1 amide bonds. The molecule has 0 radical (unpaired) electrons. The molecule has 0 fully saturated rings. The van der Waals surface area contributed by atoms with Gasteiger partial charge in [-0.05, 0) is 0 Å². The molecule has 3 N–H and O–H groups in total. The van der Waals surface area contributed by atoms with E-state index in [2.05, 4.69) is 0 Å². The highest BCUT2D eigenvalue weighted by atomic mass is 79.9. The second kappa shape index (κ2) is 6.74. The summed E-state index contributed by atoms with van der Waals surface area (Å²) in [5.41, 5.74) is 6.39. The number of primary amides is 1. The number of aliphatic hydroxyl groups is 1. The lowest BCUT2D eigenvalue weighted by atomic mass is 10.1. The number of benzene rings is 1. The Kier molecular flexibility index (Phi) is 6.37. The van der Waals surface area contributed by atoms with Gasteiger partial charge in [-0.1, -0.05) is 30.3 Å². The Labute approximate surface area is 112 Å². The van der Waals surface area contributed by atoms with Crippen molar-refractivity contribution >= 4 is 5.91 Å².